The van der Waals surface area contributed by atoms with Gasteiger partial charge in [0.25, 0.3) is 0 Å². The lowest BCUT2D eigenvalue weighted by atomic mass is 10.2. The number of aryl methyl sites for hydroxylation is 1. The molecule has 1 aliphatic heterocycles. The first-order chi connectivity index (χ1) is 12.2. The van der Waals surface area contributed by atoms with Crippen LogP contribution in [0.5, 0.6) is 0 Å². The van der Waals surface area contributed by atoms with Crippen LogP contribution >= 0.6 is 0 Å². The zero-order valence-corrected chi connectivity index (χ0v) is 14.3. The maximum atomic E-state index is 12.6. The molecule has 0 bridgehead atoms. The van der Waals surface area contributed by atoms with E-state index >= 15 is 0 Å². The third kappa shape index (κ3) is 3.35. The topological polar surface area (TPSA) is 67.5 Å². The number of nitrogens with one attached hydrogen (secondary N) is 1. The molecule has 1 N–H and O–H groups in total. The third-order valence-electron chi connectivity index (χ3n) is 4.68. The summed E-state index contributed by atoms with van der Waals surface area (Å²) in [6, 6.07) is 6.16. The molecule has 1 fully saturated rings. The Balaban J connectivity index is 1.38. The molecule has 7 nitrogen and oxygen atoms in total. The first-order valence-corrected chi connectivity index (χ1v) is 8.65. The number of aromatic nitrogens is 4. The summed E-state index contributed by atoms with van der Waals surface area (Å²) in [6.07, 6.45) is 9.70. The summed E-state index contributed by atoms with van der Waals surface area (Å²) in [4.78, 5) is 19.1. The normalized spacial score (nSPS) is 17.3. The highest BCUT2D eigenvalue weighted by Gasteiger charge is 2.29. The molecule has 4 rings (SSSR count). The Hall–Kier alpha value is -2.83. The molecule has 7 heteroatoms. The number of rotatable bonds is 4. The molecule has 0 radical (unpaired) electrons. The number of likely N-dealkylation sites (tertiary alicyclic amines) is 1. The second kappa shape index (κ2) is 6.58. The fourth-order valence-electron chi connectivity index (χ4n) is 3.41. The molecular weight excluding hydrogens is 316 g/mol. The number of urea groups is 1. The van der Waals surface area contributed by atoms with Crippen molar-refractivity contribution >= 4 is 11.7 Å². The highest BCUT2D eigenvalue weighted by atomic mass is 16.2. The summed E-state index contributed by atoms with van der Waals surface area (Å²) in [5.74, 6) is 0. The largest absolute Gasteiger partial charge is 0.332 e. The molecule has 3 aromatic heterocycles. The predicted octanol–water partition coefficient (Wildman–Crippen LogP) is 2.21. The van der Waals surface area contributed by atoms with Crippen LogP contribution in [0.4, 0.5) is 4.79 Å². The first kappa shape index (κ1) is 15.7. The van der Waals surface area contributed by atoms with E-state index in [1.165, 1.54) is 5.56 Å². The number of carbonyl (C=O) groups is 1. The highest BCUT2D eigenvalue weighted by Crippen LogP contribution is 2.19. The Morgan fingerprint density at radius 2 is 2.32 bits per heavy atom. The average molecular weight is 338 g/mol. The zero-order chi connectivity index (χ0) is 17.2. The lowest BCUT2D eigenvalue weighted by molar-refractivity contribution is 0.185. The van der Waals surface area contributed by atoms with Crippen LogP contribution in [0.15, 0.2) is 43.0 Å². The van der Waals surface area contributed by atoms with Crippen molar-refractivity contribution in [3.63, 3.8) is 0 Å². The van der Waals surface area contributed by atoms with Gasteiger partial charge in [-0.15, -0.1) is 0 Å². The van der Waals surface area contributed by atoms with E-state index < -0.39 is 0 Å². The molecule has 1 aliphatic rings. The van der Waals surface area contributed by atoms with Crippen LogP contribution in [0.3, 0.4) is 0 Å². The monoisotopic (exact) mass is 338 g/mol. The zero-order valence-electron chi connectivity index (χ0n) is 14.3. The second-order valence-corrected chi connectivity index (χ2v) is 6.58. The molecule has 0 spiro atoms. The minimum Gasteiger partial charge on any atom is -0.332 e. The number of fused-ring (bicyclic) bond motifs is 1. The Morgan fingerprint density at radius 3 is 3.16 bits per heavy atom. The van der Waals surface area contributed by atoms with Gasteiger partial charge in [-0.3, -0.25) is 4.68 Å². The number of carbonyl (C=O) groups excluding carboxylic acids is 1. The summed E-state index contributed by atoms with van der Waals surface area (Å²) < 4.78 is 3.87. The Kier molecular flexibility index (Phi) is 4.13. The van der Waals surface area contributed by atoms with Crippen LogP contribution in [-0.4, -0.2) is 42.7 Å². The lowest BCUT2D eigenvalue weighted by Crippen LogP contribution is -2.44. The SMILES string of the molecule is Cc1ccn2cc(CNC(=O)N3CCCC3Cn3cccn3)nc2c1. The second-order valence-electron chi connectivity index (χ2n) is 6.58. The van der Waals surface area contributed by atoms with Crippen LogP contribution in [0.2, 0.25) is 0 Å². The summed E-state index contributed by atoms with van der Waals surface area (Å²) in [6.45, 7) is 4.02. The van der Waals surface area contributed by atoms with Crippen molar-refractivity contribution in [2.24, 2.45) is 0 Å². The molecular formula is C18H22N6O. The van der Waals surface area contributed by atoms with E-state index in [0.717, 1.165) is 37.3 Å². The highest BCUT2D eigenvalue weighted by molar-refractivity contribution is 5.74. The van der Waals surface area contributed by atoms with Crippen LogP contribution in [0, 0.1) is 6.92 Å². The van der Waals surface area contributed by atoms with Gasteiger partial charge in [0.1, 0.15) is 5.65 Å². The number of hydrogen-bond acceptors (Lipinski definition) is 3. The minimum absolute atomic E-state index is 0.0251. The first-order valence-electron chi connectivity index (χ1n) is 8.65. The Morgan fingerprint density at radius 1 is 1.40 bits per heavy atom. The molecule has 2 amide bonds. The van der Waals surface area contributed by atoms with Crippen LogP contribution in [0.1, 0.15) is 24.1 Å². The fraction of sp³-hybridized carbons (Fsp3) is 0.389. The smallest absolute Gasteiger partial charge is 0.318 e. The standard InChI is InChI=1S/C18H22N6O/c1-14-5-9-22-12-15(21-17(22)10-14)11-19-18(25)24-8-2-4-16(24)13-23-7-3-6-20-23/h3,5-7,9-10,12,16H,2,4,8,11,13H2,1H3,(H,19,25). The van der Waals surface area contributed by atoms with Crippen LogP contribution in [0.25, 0.3) is 5.65 Å². The quantitative estimate of drug-likeness (QED) is 0.793. The van der Waals surface area contributed by atoms with Crippen molar-refractivity contribution in [1.82, 2.24) is 29.4 Å². The fourth-order valence-corrected chi connectivity index (χ4v) is 3.41. The van der Waals surface area contributed by atoms with Crippen molar-refractivity contribution in [3.8, 4) is 0 Å². The molecule has 1 unspecified atom stereocenters. The van der Waals surface area contributed by atoms with Crippen LogP contribution < -0.4 is 5.32 Å². The van der Waals surface area contributed by atoms with Crippen molar-refractivity contribution in [2.45, 2.75) is 38.9 Å². The third-order valence-corrected chi connectivity index (χ3v) is 4.68. The van der Waals surface area contributed by atoms with E-state index in [9.17, 15) is 4.79 Å². The maximum Gasteiger partial charge on any atom is 0.318 e. The van der Waals surface area contributed by atoms with Crippen molar-refractivity contribution in [2.75, 3.05) is 6.54 Å². The maximum absolute atomic E-state index is 12.6. The predicted molar refractivity (Wildman–Crippen MR) is 94.1 cm³/mol. The van der Waals surface area contributed by atoms with Gasteiger partial charge >= 0.3 is 6.03 Å². The van der Waals surface area contributed by atoms with Crippen LogP contribution in [-0.2, 0) is 13.1 Å². The van der Waals surface area contributed by atoms with Crippen molar-refractivity contribution < 1.29 is 4.79 Å². The Labute approximate surface area is 146 Å². The number of pyridine rings is 1. The van der Waals surface area contributed by atoms with Gasteiger partial charge < -0.3 is 14.6 Å². The van der Waals surface area contributed by atoms with E-state index in [2.05, 4.69) is 15.4 Å². The molecule has 130 valence electrons. The van der Waals surface area contributed by atoms with Gasteiger partial charge in [0.15, 0.2) is 0 Å². The number of amides is 2. The molecule has 0 saturated carbocycles. The van der Waals surface area contributed by atoms with Gasteiger partial charge in [0.2, 0.25) is 0 Å². The number of imidazole rings is 1. The summed E-state index contributed by atoms with van der Waals surface area (Å²) in [5.41, 5.74) is 2.94. The minimum atomic E-state index is -0.0251. The van der Waals surface area contributed by atoms with Crippen molar-refractivity contribution in [1.29, 1.82) is 0 Å². The summed E-state index contributed by atoms with van der Waals surface area (Å²) in [5, 5.41) is 7.25. The molecule has 0 aromatic carbocycles. The van der Waals surface area contributed by atoms with Gasteiger partial charge in [0.05, 0.1) is 24.8 Å². The lowest BCUT2D eigenvalue weighted by Gasteiger charge is -2.24. The molecule has 3 aromatic rings. The summed E-state index contributed by atoms with van der Waals surface area (Å²) in [7, 11) is 0. The molecule has 4 heterocycles. The number of hydrogen-bond donors (Lipinski definition) is 1. The molecule has 0 aliphatic carbocycles. The van der Waals surface area contributed by atoms with Gasteiger partial charge in [-0.1, -0.05) is 0 Å². The van der Waals surface area contributed by atoms with Gasteiger partial charge in [0, 0.05) is 31.3 Å². The van der Waals surface area contributed by atoms with Crippen molar-refractivity contribution in [3.05, 3.63) is 54.2 Å². The molecule has 25 heavy (non-hydrogen) atoms. The van der Waals surface area contributed by atoms with Gasteiger partial charge in [-0.25, -0.2) is 9.78 Å². The van der Waals surface area contributed by atoms with E-state index in [4.69, 9.17) is 0 Å². The average Bonchev–Trinajstić information content (AvgIpc) is 3.33. The van der Waals surface area contributed by atoms with Gasteiger partial charge in [-0.2, -0.15) is 5.10 Å². The van der Waals surface area contributed by atoms with Gasteiger partial charge in [-0.05, 0) is 43.5 Å². The molecule has 1 atom stereocenters. The summed E-state index contributed by atoms with van der Waals surface area (Å²) >= 11 is 0. The number of nitrogens with zero attached hydrogens (tertiary/aromatic N) is 5. The van der Waals surface area contributed by atoms with E-state index in [1.807, 2.05) is 57.7 Å². The van der Waals surface area contributed by atoms with E-state index in [0.29, 0.717) is 6.54 Å². The molecule has 1 saturated heterocycles. The Bertz CT molecular complexity index is 869. The van der Waals surface area contributed by atoms with E-state index in [-0.39, 0.29) is 12.1 Å². The van der Waals surface area contributed by atoms with E-state index in [1.54, 1.807) is 6.20 Å².